The summed E-state index contributed by atoms with van der Waals surface area (Å²) in [6, 6.07) is 105. The molecule has 1 aliphatic carbocycles. The third kappa shape index (κ3) is 29.2. The fourth-order valence-corrected chi connectivity index (χ4v) is 14.3. The third-order valence-electron chi connectivity index (χ3n) is 21.4. The first-order chi connectivity index (χ1) is 68.0. The van der Waals surface area contributed by atoms with Gasteiger partial charge in [0.05, 0.1) is 66.7 Å². The maximum Gasteiger partial charge on any atom is 0.281 e. The molecule has 23 nitrogen and oxygen atoms in total. The van der Waals surface area contributed by atoms with Gasteiger partial charge in [0.1, 0.15) is 17.2 Å². The van der Waals surface area contributed by atoms with Gasteiger partial charge in [-0.05, 0) is 228 Å². The van der Waals surface area contributed by atoms with E-state index in [4.69, 9.17) is 37.4 Å². The molecule has 0 radical (unpaired) electrons. The molecule has 690 valence electrons. The van der Waals surface area contributed by atoms with Crippen molar-refractivity contribution in [2.24, 2.45) is 5.92 Å². The number of carbonyl (C=O) groups is 6. The molecule has 0 unspecified atom stereocenters. The van der Waals surface area contributed by atoms with Crippen molar-refractivity contribution in [1.82, 2.24) is 68.5 Å². The minimum absolute atomic E-state index is 0.147. The topological polar surface area (TPSA) is 255 Å². The Morgan fingerprint density at radius 1 is 0.281 bits per heavy atom. The average Bonchev–Trinajstić information content (AvgIpc) is 1.82. The number of halogens is 2. The van der Waals surface area contributed by atoms with Crippen LogP contribution in [0.3, 0.4) is 0 Å². The van der Waals surface area contributed by atoms with E-state index in [0.717, 1.165) is 80.4 Å². The second kappa shape index (κ2) is 50.4. The molecule has 7 heterocycles. The first kappa shape index (κ1) is 97.4. The van der Waals surface area contributed by atoms with E-state index in [-0.39, 0.29) is 41.4 Å². The summed E-state index contributed by atoms with van der Waals surface area (Å²) < 4.78 is 25.4. The van der Waals surface area contributed by atoms with E-state index in [1.807, 2.05) is 291 Å². The Hall–Kier alpha value is -17.7. The number of methoxy groups -OCH3 is 3. The van der Waals surface area contributed by atoms with Crippen LogP contribution in [0, 0.1) is 5.92 Å². The van der Waals surface area contributed by atoms with Gasteiger partial charge in [-0.2, -0.15) is 35.7 Å². The van der Waals surface area contributed by atoms with Crippen LogP contribution in [0.25, 0.3) is 78.6 Å². The normalized spacial score (nSPS) is 11.7. The lowest BCUT2D eigenvalue weighted by Gasteiger charge is -2.19. The molecule has 1 fully saturated rings. The molecule has 0 aliphatic heterocycles. The molecule has 19 rings (SSSR count). The van der Waals surface area contributed by atoms with Crippen LogP contribution in [0.2, 0.25) is 10.0 Å². The lowest BCUT2D eigenvalue weighted by molar-refractivity contribution is 0.0782. The Morgan fingerprint density at radius 3 is 0.942 bits per heavy atom. The molecule has 0 atom stereocenters. The number of carbonyl (C=O) groups excluding carboxylic acids is 6. The number of aromatic nitrogens is 14. The second-order valence-corrected chi connectivity index (χ2v) is 32.0. The maximum atomic E-state index is 12.7. The predicted octanol–water partition coefficient (Wildman–Crippen LogP) is 24.5. The first-order valence-corrected chi connectivity index (χ1v) is 45.3. The highest BCUT2D eigenvalue weighted by Crippen LogP contribution is 2.28. The molecule has 18 aromatic rings. The zero-order valence-corrected chi connectivity index (χ0v) is 77.7. The fraction of sp³-hybridized carbons (Fsp3) is 0.0789. The van der Waals surface area contributed by atoms with E-state index in [0.29, 0.717) is 60.8 Å². The van der Waals surface area contributed by atoms with Crippen LogP contribution in [0.5, 0.6) is 17.2 Å². The van der Waals surface area contributed by atoms with E-state index < -0.39 is 0 Å². The summed E-state index contributed by atoms with van der Waals surface area (Å²) >= 11 is 11.7. The largest absolute Gasteiger partial charge is 0.497 e. The van der Waals surface area contributed by atoms with Gasteiger partial charge in [-0.25, -0.2) is 32.8 Å². The van der Waals surface area contributed by atoms with E-state index in [1.54, 1.807) is 190 Å². The molecule has 1 aliphatic rings. The van der Waals surface area contributed by atoms with Gasteiger partial charge in [0.25, 0.3) is 29.5 Å². The molecule has 25 heteroatoms. The summed E-state index contributed by atoms with van der Waals surface area (Å²) in [7, 11) is 4.67. The van der Waals surface area contributed by atoms with E-state index in [1.165, 1.54) is 54.5 Å². The zero-order valence-electron chi connectivity index (χ0n) is 76.2. The van der Waals surface area contributed by atoms with Gasteiger partial charge in [-0.1, -0.05) is 267 Å². The Kier molecular flexibility index (Phi) is 35.3. The van der Waals surface area contributed by atoms with Crippen LogP contribution in [0.1, 0.15) is 156 Å². The highest BCUT2D eigenvalue weighted by molar-refractivity contribution is 6.31. The summed E-state index contributed by atoms with van der Waals surface area (Å²) in [5.74, 6) is 1.09. The summed E-state index contributed by atoms with van der Waals surface area (Å²) in [6.07, 6.45) is 42.4. The minimum atomic E-state index is -0.265. The van der Waals surface area contributed by atoms with Crippen molar-refractivity contribution in [3.05, 3.63) is 495 Å². The molecule has 0 bridgehead atoms. The van der Waals surface area contributed by atoms with Crippen molar-refractivity contribution < 1.29 is 43.0 Å². The minimum Gasteiger partial charge on any atom is -0.497 e. The number of hydrogen-bond donors (Lipinski definition) is 0. The summed E-state index contributed by atoms with van der Waals surface area (Å²) in [5.41, 5.74) is 14.5. The molecule has 1 saturated carbocycles. The van der Waals surface area contributed by atoms with Crippen molar-refractivity contribution in [2.45, 2.75) is 32.1 Å². The summed E-state index contributed by atoms with van der Waals surface area (Å²) in [5, 5.41) is 31.2. The van der Waals surface area contributed by atoms with Crippen LogP contribution in [0.15, 0.2) is 389 Å². The van der Waals surface area contributed by atoms with E-state index in [2.05, 4.69) is 35.7 Å². The van der Waals surface area contributed by atoms with Crippen molar-refractivity contribution in [2.75, 3.05) is 21.3 Å². The predicted molar refractivity (Wildman–Crippen MR) is 550 cm³/mol. The van der Waals surface area contributed by atoms with Crippen molar-refractivity contribution in [3.8, 4) is 22.9 Å². The molecule has 139 heavy (non-hydrogen) atoms. The van der Waals surface area contributed by atoms with Crippen LogP contribution >= 0.6 is 23.2 Å². The molecule has 11 aromatic carbocycles. The van der Waals surface area contributed by atoms with Crippen LogP contribution in [-0.2, 0) is 0 Å². The van der Waals surface area contributed by atoms with Gasteiger partial charge < -0.3 is 14.2 Å². The smallest absolute Gasteiger partial charge is 0.281 e. The molecule has 0 spiro atoms. The number of rotatable bonds is 22. The molecular formula is C114H96Cl2N14O9. The van der Waals surface area contributed by atoms with Gasteiger partial charge >= 0.3 is 0 Å². The maximum absolute atomic E-state index is 12.7. The zero-order chi connectivity index (χ0) is 96.7. The van der Waals surface area contributed by atoms with Crippen LogP contribution in [0.4, 0.5) is 0 Å². The number of benzene rings is 11. The number of nitrogens with zero attached hydrogens (tertiary/aromatic N) is 14. The van der Waals surface area contributed by atoms with Gasteiger partial charge in [0, 0.05) is 93.9 Å². The molecule has 0 amide bonds. The van der Waals surface area contributed by atoms with E-state index >= 15 is 0 Å². The fourth-order valence-electron chi connectivity index (χ4n) is 14.0. The molecule has 0 N–H and O–H groups in total. The SMILES string of the molecule is COc1ccc(C(=O)n2ccc(/C=C/c3ccccc3)n2)c(OC)c1.COc1ccc(C(=O)n2ccc(/C=C/c3ccccc3)n2)cc1.O=C(C1CCCCC1)n1ccc(/C=C/c2ccccc2)n1.O=C(c1ccc(-n2cccn2)cc1)n1ccc(/C=C/c2ccccc2)n1.O=C(c1ccc(Cl)cc1)n1ccc(/C=C/c2ccccc2)n1.O=C(c1cccc(Cl)c1)n1ccc(/C=C/c2ccccc2)n1. The van der Waals surface area contributed by atoms with Crippen molar-refractivity contribution in [1.29, 1.82) is 0 Å². The Morgan fingerprint density at radius 2 is 0.604 bits per heavy atom. The lowest BCUT2D eigenvalue weighted by Crippen LogP contribution is -2.24. The Bertz CT molecular complexity index is 7220. The van der Waals surface area contributed by atoms with E-state index in [9.17, 15) is 28.8 Å². The summed E-state index contributed by atoms with van der Waals surface area (Å²) in [4.78, 5) is 74.6. The third-order valence-corrected chi connectivity index (χ3v) is 21.9. The highest BCUT2D eigenvalue weighted by Gasteiger charge is 2.24. The van der Waals surface area contributed by atoms with Gasteiger partial charge in [-0.15, -0.1) is 0 Å². The standard InChI is InChI=1S/C21H16N4O.C20H18N2O3.C19H16N2O2.2C18H13ClN2O.C18H20N2O/c26-21(18-8-11-20(12-9-18)24-15-4-14-22-24)25-16-13-19(23-25)10-7-17-5-2-1-3-6-17;1-24-17-10-11-18(19(14-17)25-2)20(23)22-13-12-16(21-22)9-8-15-6-4-3-5-7-15;1-23-18-11-8-16(9-12-18)19(22)21-14-13-17(20-21)10-7-15-5-3-2-4-6-15;19-16-8-4-7-15(13-16)18(22)21-12-11-17(20-21)10-9-14-5-2-1-3-6-14;19-16-9-7-15(8-10-16)18(22)21-13-12-17(20-21)11-6-14-4-2-1-3-5-14;21-18(16-9-5-2-6-10-16)20-14-13-17(19-20)12-11-15-7-3-1-4-8-15/h1-16H;3-14H,1-2H3;2-14H,1H3;2*1-13H;1,3-4,7-8,11-14,16H,2,5-6,9-10H2/b10-7+;9-8+;10-7+;10-9+;11-6+;12-11+. The lowest BCUT2D eigenvalue weighted by atomic mass is 9.89. The average molecular weight is 1880 g/mol. The second-order valence-electron chi connectivity index (χ2n) is 31.1. The van der Waals surface area contributed by atoms with Crippen LogP contribution < -0.4 is 14.2 Å². The molecular weight excluding hydrogens is 1780 g/mol. The quantitative estimate of drug-likeness (QED) is 0.0611. The van der Waals surface area contributed by atoms with Gasteiger partial charge in [0.15, 0.2) is 0 Å². The molecule has 7 aromatic heterocycles. The number of ether oxygens (including phenoxy) is 3. The number of hydrogen-bond acceptors (Lipinski definition) is 16. The van der Waals surface area contributed by atoms with Gasteiger partial charge in [0.2, 0.25) is 5.91 Å². The van der Waals surface area contributed by atoms with Gasteiger partial charge in [-0.3, -0.25) is 28.8 Å². The van der Waals surface area contributed by atoms with Crippen LogP contribution in [-0.4, -0.2) is 125 Å². The highest BCUT2D eigenvalue weighted by atomic mass is 35.5. The van der Waals surface area contributed by atoms with Crippen molar-refractivity contribution in [3.63, 3.8) is 0 Å². The molecule has 0 saturated heterocycles. The first-order valence-electron chi connectivity index (χ1n) is 44.5. The van der Waals surface area contributed by atoms with Crippen molar-refractivity contribution >= 4 is 132 Å². The Balaban J connectivity index is 0.000000133. The summed E-state index contributed by atoms with van der Waals surface area (Å²) in [6.45, 7) is 0. The monoisotopic (exact) mass is 1870 g/mol. The Labute approximate surface area is 814 Å².